The van der Waals surface area contributed by atoms with Crippen LogP contribution in [-0.4, -0.2) is 86.9 Å². The molecule has 1 saturated heterocycles. The summed E-state index contributed by atoms with van der Waals surface area (Å²) >= 11 is 1.49. The number of piperazine rings is 1. The molecule has 1 aliphatic heterocycles. The number of carbonyl (C=O) groups is 1. The summed E-state index contributed by atoms with van der Waals surface area (Å²) in [6.07, 6.45) is 2.18. The van der Waals surface area contributed by atoms with Crippen LogP contribution >= 0.6 is 11.8 Å². The zero-order valence-electron chi connectivity index (χ0n) is 17.3. The molecule has 1 atom stereocenters. The van der Waals surface area contributed by atoms with Crippen LogP contribution in [0.5, 0.6) is 0 Å². The molecule has 1 heterocycles. The Morgan fingerprint density at radius 1 is 1.23 bits per heavy atom. The lowest BCUT2D eigenvalue weighted by Crippen LogP contribution is -2.56. The van der Waals surface area contributed by atoms with Crippen LogP contribution in [0.25, 0.3) is 0 Å². The number of sulfonamides is 2. The molecule has 1 aromatic carbocycles. The van der Waals surface area contributed by atoms with Gasteiger partial charge in [-0.2, -0.15) is 16.1 Å². The van der Waals surface area contributed by atoms with Gasteiger partial charge in [0.05, 0.1) is 15.6 Å². The zero-order chi connectivity index (χ0) is 23.2. The highest BCUT2D eigenvalue weighted by molar-refractivity contribution is 7.98. The molecule has 174 valence electrons. The molecule has 1 amide bonds. The third-order valence-electron chi connectivity index (χ3n) is 4.83. The van der Waals surface area contributed by atoms with Crippen molar-refractivity contribution in [3.8, 4) is 0 Å². The molecule has 0 radical (unpaired) electrons. The summed E-state index contributed by atoms with van der Waals surface area (Å²) in [5, 5.41) is 10.9. The Morgan fingerprint density at radius 2 is 1.87 bits per heavy atom. The van der Waals surface area contributed by atoms with E-state index in [-0.39, 0.29) is 42.5 Å². The molecule has 1 N–H and O–H groups in total. The minimum Gasteiger partial charge on any atom is -0.339 e. The van der Waals surface area contributed by atoms with Crippen LogP contribution < -0.4 is 4.72 Å². The quantitative estimate of drug-likeness (QED) is 0.365. The number of non-ortho nitro benzene ring substituents is 1. The van der Waals surface area contributed by atoms with Crippen molar-refractivity contribution in [1.29, 1.82) is 0 Å². The van der Waals surface area contributed by atoms with E-state index in [9.17, 15) is 31.7 Å². The molecule has 1 fully saturated rings. The van der Waals surface area contributed by atoms with Gasteiger partial charge in [-0.05, 0) is 31.4 Å². The van der Waals surface area contributed by atoms with Gasteiger partial charge in [-0.3, -0.25) is 14.9 Å². The van der Waals surface area contributed by atoms with Gasteiger partial charge >= 0.3 is 0 Å². The van der Waals surface area contributed by atoms with E-state index >= 15 is 0 Å². The van der Waals surface area contributed by atoms with Gasteiger partial charge < -0.3 is 4.90 Å². The average molecular weight is 495 g/mol. The largest absolute Gasteiger partial charge is 0.339 e. The van der Waals surface area contributed by atoms with Crippen LogP contribution in [0.2, 0.25) is 0 Å². The smallest absolute Gasteiger partial charge is 0.270 e. The lowest BCUT2D eigenvalue weighted by atomic mass is 10.2. The van der Waals surface area contributed by atoms with E-state index in [0.717, 1.165) is 6.07 Å². The van der Waals surface area contributed by atoms with E-state index in [1.165, 1.54) is 46.1 Å². The minimum absolute atomic E-state index is 0.00649. The Labute approximate surface area is 186 Å². The number of nitrogens with one attached hydrogen (secondary N) is 1. The molecule has 31 heavy (non-hydrogen) atoms. The third-order valence-corrected chi connectivity index (χ3v) is 8.77. The number of carbonyl (C=O) groups excluding carboxylic acids is 1. The topological polar surface area (TPSA) is 147 Å². The molecule has 11 nitrogen and oxygen atoms in total. The molecule has 0 aromatic heterocycles. The number of benzene rings is 1. The molecule has 1 aromatic rings. The van der Waals surface area contributed by atoms with E-state index in [0.29, 0.717) is 12.2 Å². The molecule has 0 saturated carbocycles. The molecule has 1 aliphatic rings. The fraction of sp³-hybridized carbons (Fsp3) is 0.588. The molecule has 14 heteroatoms. The second-order valence-corrected chi connectivity index (χ2v) is 11.8. The Morgan fingerprint density at radius 3 is 2.42 bits per heavy atom. The van der Waals surface area contributed by atoms with Gasteiger partial charge in [0.25, 0.3) is 5.69 Å². The highest BCUT2D eigenvalue weighted by Gasteiger charge is 2.34. The maximum Gasteiger partial charge on any atom is 0.270 e. The summed E-state index contributed by atoms with van der Waals surface area (Å²) in [6, 6.07) is 3.91. The predicted molar refractivity (Wildman–Crippen MR) is 118 cm³/mol. The number of hydrogen-bond donors (Lipinski definition) is 1. The van der Waals surface area contributed by atoms with Gasteiger partial charge in [-0.1, -0.05) is 6.07 Å². The fourth-order valence-corrected chi connectivity index (χ4v) is 5.80. The lowest BCUT2D eigenvalue weighted by molar-refractivity contribution is -0.385. The fourth-order valence-electron chi connectivity index (χ4n) is 3.04. The van der Waals surface area contributed by atoms with Gasteiger partial charge in [0.1, 0.15) is 6.04 Å². The number of nitro benzene ring substituents is 1. The van der Waals surface area contributed by atoms with Gasteiger partial charge in [-0.15, -0.1) is 0 Å². The summed E-state index contributed by atoms with van der Waals surface area (Å²) in [5.74, 6) is 0.0492. The first-order valence-electron chi connectivity index (χ1n) is 9.54. The lowest BCUT2D eigenvalue weighted by Gasteiger charge is -2.35. The van der Waals surface area contributed by atoms with Crippen molar-refractivity contribution in [3.63, 3.8) is 0 Å². The number of amides is 1. The SMILES string of the molecule is CCS(=O)(=O)NC(CCSC)C(=O)N1CCN(S(=O)(=O)c2cccc([N+](=O)[O-])c2)CC1. The Kier molecular flexibility index (Phi) is 8.83. The monoisotopic (exact) mass is 494 g/mol. The van der Waals surface area contributed by atoms with Gasteiger partial charge in [-0.25, -0.2) is 21.6 Å². The molecule has 0 bridgehead atoms. The summed E-state index contributed by atoms with van der Waals surface area (Å²) in [7, 11) is -7.54. The summed E-state index contributed by atoms with van der Waals surface area (Å²) in [5.41, 5.74) is -0.324. The van der Waals surface area contributed by atoms with Gasteiger partial charge in [0.15, 0.2) is 0 Å². The maximum absolute atomic E-state index is 12.9. The van der Waals surface area contributed by atoms with Crippen molar-refractivity contribution in [2.75, 3.05) is 43.9 Å². The van der Waals surface area contributed by atoms with Crippen LogP contribution in [0, 0.1) is 10.1 Å². The van der Waals surface area contributed by atoms with Crippen LogP contribution in [-0.2, 0) is 24.8 Å². The van der Waals surface area contributed by atoms with E-state index in [2.05, 4.69) is 4.72 Å². The van der Waals surface area contributed by atoms with Crippen LogP contribution in [0.15, 0.2) is 29.2 Å². The van der Waals surface area contributed by atoms with Crippen molar-refractivity contribution >= 4 is 43.4 Å². The highest BCUT2D eigenvalue weighted by atomic mass is 32.2. The summed E-state index contributed by atoms with van der Waals surface area (Å²) in [4.78, 5) is 24.4. The van der Waals surface area contributed by atoms with Crippen LogP contribution in [0.1, 0.15) is 13.3 Å². The normalized spacial score (nSPS) is 16.8. The van der Waals surface area contributed by atoms with Crippen molar-refractivity contribution in [1.82, 2.24) is 13.9 Å². The third kappa shape index (κ3) is 6.62. The first-order valence-corrected chi connectivity index (χ1v) is 14.0. The first kappa shape index (κ1) is 25.5. The molecule has 0 spiro atoms. The predicted octanol–water partition coefficient (Wildman–Crippen LogP) is 0.489. The Hall–Kier alpha value is -1.74. The second-order valence-electron chi connectivity index (χ2n) is 6.84. The van der Waals surface area contributed by atoms with Crippen molar-refractivity contribution in [3.05, 3.63) is 34.4 Å². The molecular formula is C17H26N4O7S3. The Bertz CT molecular complexity index is 1010. The maximum atomic E-state index is 12.9. The number of rotatable bonds is 10. The first-order chi connectivity index (χ1) is 14.5. The molecule has 0 aliphatic carbocycles. The number of hydrogen-bond acceptors (Lipinski definition) is 8. The van der Waals surface area contributed by atoms with Gasteiger partial charge in [0, 0.05) is 38.3 Å². The molecule has 1 unspecified atom stereocenters. The van der Waals surface area contributed by atoms with Crippen molar-refractivity contribution in [2.45, 2.75) is 24.3 Å². The average Bonchev–Trinajstić information content (AvgIpc) is 2.76. The molecule has 2 rings (SSSR count). The van der Waals surface area contributed by atoms with Crippen molar-refractivity contribution in [2.24, 2.45) is 0 Å². The second kappa shape index (κ2) is 10.7. The standard InChI is InChI=1S/C17H26N4O7S3/c1-3-30(25,26)18-16(7-12-29-2)17(22)19-8-10-20(11-9-19)31(27,28)15-6-4-5-14(13-15)21(23)24/h4-6,13,16,18H,3,7-12H2,1-2H3. The highest BCUT2D eigenvalue weighted by Crippen LogP contribution is 2.22. The van der Waals surface area contributed by atoms with Crippen LogP contribution in [0.4, 0.5) is 5.69 Å². The molecular weight excluding hydrogens is 468 g/mol. The van der Waals surface area contributed by atoms with Crippen molar-refractivity contribution < 1.29 is 26.6 Å². The number of nitrogens with zero attached hydrogens (tertiary/aromatic N) is 3. The van der Waals surface area contributed by atoms with E-state index in [1.54, 1.807) is 0 Å². The van der Waals surface area contributed by atoms with E-state index < -0.39 is 36.9 Å². The zero-order valence-corrected chi connectivity index (χ0v) is 19.7. The minimum atomic E-state index is -3.96. The van der Waals surface area contributed by atoms with E-state index in [4.69, 9.17) is 0 Å². The summed E-state index contributed by atoms with van der Waals surface area (Å²) < 4.78 is 53.2. The summed E-state index contributed by atoms with van der Waals surface area (Å²) in [6.45, 7) is 1.68. The van der Waals surface area contributed by atoms with Crippen LogP contribution in [0.3, 0.4) is 0 Å². The Balaban J connectivity index is 2.10. The number of nitro groups is 1. The number of thioether (sulfide) groups is 1. The van der Waals surface area contributed by atoms with E-state index in [1.807, 2.05) is 6.26 Å². The van der Waals surface area contributed by atoms with Gasteiger partial charge in [0.2, 0.25) is 26.0 Å².